The molecule has 1 unspecified atom stereocenters. The van der Waals surface area contributed by atoms with Gasteiger partial charge >= 0.3 is 11.4 Å². The van der Waals surface area contributed by atoms with Gasteiger partial charge in [0.05, 0.1) is 17.5 Å². The van der Waals surface area contributed by atoms with E-state index in [1.807, 2.05) is 6.07 Å². The van der Waals surface area contributed by atoms with Crippen molar-refractivity contribution >= 4 is 10.9 Å². The number of para-hydroxylation sites is 1. The van der Waals surface area contributed by atoms with Crippen LogP contribution in [0.1, 0.15) is 6.42 Å². The second-order valence-electron chi connectivity index (χ2n) is 4.51. The number of fused-ring (bicyclic) bond motifs is 1. The van der Waals surface area contributed by atoms with E-state index < -0.39 is 11.4 Å². The lowest BCUT2D eigenvalue weighted by atomic mass is 10.1. The number of rotatable bonds is 2. The van der Waals surface area contributed by atoms with Crippen LogP contribution in [-0.2, 0) is 11.3 Å². The van der Waals surface area contributed by atoms with Gasteiger partial charge in [-0.1, -0.05) is 12.1 Å². The van der Waals surface area contributed by atoms with Gasteiger partial charge in [0.2, 0.25) is 0 Å². The van der Waals surface area contributed by atoms with Gasteiger partial charge in [-0.3, -0.25) is 4.57 Å². The van der Waals surface area contributed by atoms with Crippen molar-refractivity contribution in [2.75, 3.05) is 13.2 Å². The molecule has 0 spiro atoms. The van der Waals surface area contributed by atoms with Crippen LogP contribution in [0.4, 0.5) is 0 Å². The van der Waals surface area contributed by atoms with Crippen molar-refractivity contribution in [3.63, 3.8) is 0 Å². The maximum atomic E-state index is 11.8. The molecule has 0 bridgehead atoms. The summed E-state index contributed by atoms with van der Waals surface area (Å²) in [4.78, 5) is 23.4. The molecule has 1 aromatic heterocycles. The molecule has 1 aliphatic heterocycles. The van der Waals surface area contributed by atoms with Crippen LogP contribution in [0.3, 0.4) is 0 Å². The van der Waals surface area contributed by atoms with Gasteiger partial charge in [0.25, 0.3) is 0 Å². The Kier molecular flexibility index (Phi) is 2.76. The first-order chi connectivity index (χ1) is 8.75. The predicted octanol–water partition coefficient (Wildman–Crippen LogP) is 0.991. The van der Waals surface area contributed by atoms with Gasteiger partial charge in [0.15, 0.2) is 0 Å². The minimum atomic E-state index is -0.592. The summed E-state index contributed by atoms with van der Waals surface area (Å²) in [6, 6.07) is 7.00. The summed E-state index contributed by atoms with van der Waals surface area (Å²) in [5.74, 6) is -0.288. The van der Waals surface area contributed by atoms with E-state index in [9.17, 15) is 9.59 Å². The summed E-state index contributed by atoms with van der Waals surface area (Å²) in [6.45, 7) is 1.91. The van der Waals surface area contributed by atoms with Crippen LogP contribution in [0.15, 0.2) is 38.3 Å². The average Bonchev–Trinajstić information content (AvgIpc) is 2.87. The van der Waals surface area contributed by atoms with Crippen LogP contribution in [-0.4, -0.2) is 17.8 Å². The zero-order valence-corrected chi connectivity index (χ0v) is 9.80. The predicted molar refractivity (Wildman–Crippen MR) is 65.7 cm³/mol. The van der Waals surface area contributed by atoms with E-state index in [0.29, 0.717) is 30.0 Å². The molecule has 2 aromatic rings. The molecule has 5 nitrogen and oxygen atoms in total. The molecule has 0 amide bonds. The maximum absolute atomic E-state index is 11.8. The first kappa shape index (κ1) is 11.2. The van der Waals surface area contributed by atoms with Gasteiger partial charge in [-0.2, -0.15) is 0 Å². The van der Waals surface area contributed by atoms with Crippen LogP contribution in [0, 0.1) is 5.92 Å². The molecule has 0 aliphatic carbocycles. The van der Waals surface area contributed by atoms with E-state index in [4.69, 9.17) is 9.15 Å². The van der Waals surface area contributed by atoms with Gasteiger partial charge in [0.1, 0.15) is 0 Å². The zero-order chi connectivity index (χ0) is 12.5. The van der Waals surface area contributed by atoms with E-state index >= 15 is 0 Å². The van der Waals surface area contributed by atoms with E-state index in [0.717, 1.165) is 13.0 Å². The van der Waals surface area contributed by atoms with Gasteiger partial charge in [-0.25, -0.2) is 9.59 Å². The number of ether oxygens (including phenoxy) is 1. The molecular formula is C13H13NO4. The smallest absolute Gasteiger partial charge is 0.381 e. The SMILES string of the molecule is O=c1oc(=O)n(CC2CCOC2)c2ccccc12. The Morgan fingerprint density at radius 3 is 2.89 bits per heavy atom. The van der Waals surface area contributed by atoms with Crippen LogP contribution in [0.25, 0.3) is 10.9 Å². The van der Waals surface area contributed by atoms with Crippen molar-refractivity contribution in [1.82, 2.24) is 4.57 Å². The number of aromatic nitrogens is 1. The molecule has 0 N–H and O–H groups in total. The molecule has 1 fully saturated rings. The number of nitrogens with zero attached hydrogens (tertiary/aromatic N) is 1. The molecule has 0 radical (unpaired) electrons. The number of hydrogen-bond donors (Lipinski definition) is 0. The Labute approximate surface area is 103 Å². The lowest BCUT2D eigenvalue weighted by molar-refractivity contribution is 0.181. The fourth-order valence-electron chi connectivity index (χ4n) is 2.33. The van der Waals surface area contributed by atoms with Crippen molar-refractivity contribution in [3.8, 4) is 0 Å². The van der Waals surface area contributed by atoms with E-state index in [-0.39, 0.29) is 0 Å². The first-order valence-electron chi connectivity index (χ1n) is 5.96. The molecule has 1 atom stereocenters. The third-order valence-corrected chi connectivity index (χ3v) is 3.28. The van der Waals surface area contributed by atoms with E-state index in [1.165, 1.54) is 4.57 Å². The summed E-state index contributed by atoms with van der Waals surface area (Å²) in [7, 11) is 0. The largest absolute Gasteiger partial charge is 0.422 e. The van der Waals surface area contributed by atoms with Crippen LogP contribution in [0.5, 0.6) is 0 Å². The summed E-state index contributed by atoms with van der Waals surface area (Å²) in [5.41, 5.74) is 0.0557. The normalized spacial score (nSPS) is 19.4. The standard InChI is InChI=1S/C13H13NO4/c15-12-10-3-1-2-4-11(10)14(13(16)18-12)7-9-5-6-17-8-9/h1-4,9H,5-8H2. The minimum absolute atomic E-state index is 0.304. The topological polar surface area (TPSA) is 61.4 Å². The van der Waals surface area contributed by atoms with Crippen molar-refractivity contribution in [1.29, 1.82) is 0 Å². The van der Waals surface area contributed by atoms with Gasteiger partial charge in [-0.15, -0.1) is 0 Å². The van der Waals surface area contributed by atoms with Crippen molar-refractivity contribution in [2.24, 2.45) is 5.92 Å². The van der Waals surface area contributed by atoms with Crippen LogP contribution >= 0.6 is 0 Å². The lowest BCUT2D eigenvalue weighted by Gasteiger charge is -2.11. The highest BCUT2D eigenvalue weighted by Crippen LogP contribution is 2.16. The molecule has 3 rings (SSSR count). The summed E-state index contributed by atoms with van der Waals surface area (Å²) < 4.78 is 11.6. The minimum Gasteiger partial charge on any atom is -0.381 e. The number of benzene rings is 1. The Hall–Kier alpha value is -1.88. The lowest BCUT2D eigenvalue weighted by Crippen LogP contribution is -2.28. The van der Waals surface area contributed by atoms with Crippen molar-refractivity contribution < 1.29 is 9.15 Å². The van der Waals surface area contributed by atoms with Gasteiger partial charge in [-0.05, 0) is 18.6 Å². The van der Waals surface area contributed by atoms with E-state index in [1.54, 1.807) is 18.2 Å². The Morgan fingerprint density at radius 2 is 2.11 bits per heavy atom. The second kappa shape index (κ2) is 4.42. The second-order valence-corrected chi connectivity index (χ2v) is 4.51. The molecule has 1 aliphatic rings. The molecule has 0 saturated carbocycles. The first-order valence-corrected chi connectivity index (χ1v) is 5.96. The molecular weight excluding hydrogens is 234 g/mol. The summed E-state index contributed by atoms with van der Waals surface area (Å²) in [5, 5.41) is 0.441. The molecule has 1 saturated heterocycles. The zero-order valence-electron chi connectivity index (χ0n) is 9.80. The summed E-state index contributed by atoms with van der Waals surface area (Å²) in [6.07, 6.45) is 0.930. The Morgan fingerprint density at radius 1 is 1.28 bits per heavy atom. The fraction of sp³-hybridized carbons (Fsp3) is 0.385. The maximum Gasteiger partial charge on any atom is 0.422 e. The monoisotopic (exact) mass is 247 g/mol. The quantitative estimate of drug-likeness (QED) is 0.794. The van der Waals surface area contributed by atoms with Crippen molar-refractivity contribution in [3.05, 3.63) is 45.2 Å². The highest BCUT2D eigenvalue weighted by atomic mass is 16.5. The highest BCUT2D eigenvalue weighted by Gasteiger charge is 2.19. The Balaban J connectivity index is 2.15. The van der Waals surface area contributed by atoms with Crippen molar-refractivity contribution in [2.45, 2.75) is 13.0 Å². The third kappa shape index (κ3) is 1.86. The molecule has 1 aromatic carbocycles. The molecule has 2 heterocycles. The van der Waals surface area contributed by atoms with Gasteiger partial charge < -0.3 is 9.15 Å². The molecule has 5 heteroatoms. The average molecular weight is 247 g/mol. The van der Waals surface area contributed by atoms with Crippen LogP contribution in [0.2, 0.25) is 0 Å². The summed E-state index contributed by atoms with van der Waals surface area (Å²) >= 11 is 0. The Bertz CT molecular complexity index is 679. The van der Waals surface area contributed by atoms with E-state index in [2.05, 4.69) is 0 Å². The fourth-order valence-corrected chi connectivity index (χ4v) is 2.33. The molecule has 18 heavy (non-hydrogen) atoms. The number of hydrogen-bond acceptors (Lipinski definition) is 4. The third-order valence-electron chi connectivity index (χ3n) is 3.28. The highest BCUT2D eigenvalue weighted by molar-refractivity contribution is 5.77. The molecule has 94 valence electrons. The van der Waals surface area contributed by atoms with Crippen LogP contribution < -0.4 is 11.4 Å². The van der Waals surface area contributed by atoms with Gasteiger partial charge in [0, 0.05) is 19.1 Å².